The second-order valence-electron chi connectivity index (χ2n) is 9.08. The number of rotatable bonds is 8. The standard InChI is InChI=1S/C31H28N2O7S/c1-5-38-29(35)21-9-7-19(8-10-21)24-16-15-23(40-24)17-25-28(34)33-27(20-11-13-22(37-4)14-12-20)26(30(36)39-6-2)18(3)32-31(33)41-25/h7-17,27H,5-6H2,1-4H3/b25-17+. The van der Waals surface area contributed by atoms with Gasteiger partial charge in [0.25, 0.3) is 5.56 Å². The fourth-order valence-electron chi connectivity index (χ4n) is 4.59. The SMILES string of the molecule is CCOC(=O)C1=C(C)N=c2s/c(=C/c3ccc(-c4ccc(C(=O)OCC)cc4)o3)c(=O)n2C1c1ccc(OC)cc1. The Morgan fingerprint density at radius 2 is 1.66 bits per heavy atom. The maximum absolute atomic E-state index is 13.8. The van der Waals surface area contributed by atoms with Crippen LogP contribution in [0.3, 0.4) is 0 Å². The zero-order chi connectivity index (χ0) is 29.1. The number of ether oxygens (including phenoxy) is 3. The largest absolute Gasteiger partial charge is 0.497 e. The molecule has 0 fully saturated rings. The monoisotopic (exact) mass is 572 g/mol. The van der Waals surface area contributed by atoms with Crippen molar-refractivity contribution in [2.45, 2.75) is 26.8 Å². The average Bonchev–Trinajstić information content (AvgIpc) is 3.57. The number of carbonyl (C=O) groups excluding carboxylic acids is 2. The zero-order valence-electron chi connectivity index (χ0n) is 23.0. The second-order valence-corrected chi connectivity index (χ2v) is 10.1. The average molecular weight is 573 g/mol. The van der Waals surface area contributed by atoms with Crippen LogP contribution in [0.1, 0.15) is 48.5 Å². The Bertz CT molecular complexity index is 1810. The number of nitrogens with zero attached hydrogens (tertiary/aromatic N) is 2. The van der Waals surface area contributed by atoms with E-state index in [-0.39, 0.29) is 18.1 Å². The number of hydrogen-bond donors (Lipinski definition) is 0. The van der Waals surface area contributed by atoms with Gasteiger partial charge < -0.3 is 18.6 Å². The summed E-state index contributed by atoms with van der Waals surface area (Å²) in [6.07, 6.45) is 1.66. The van der Waals surface area contributed by atoms with Crippen LogP contribution in [0.5, 0.6) is 5.75 Å². The van der Waals surface area contributed by atoms with E-state index in [4.69, 9.17) is 18.6 Å². The molecule has 0 amide bonds. The van der Waals surface area contributed by atoms with Gasteiger partial charge in [0, 0.05) is 11.6 Å². The molecule has 3 heterocycles. The van der Waals surface area contributed by atoms with Crippen molar-refractivity contribution >= 4 is 29.4 Å². The first-order chi connectivity index (χ1) is 19.8. The van der Waals surface area contributed by atoms with Gasteiger partial charge in [-0.05, 0) is 62.7 Å². The first kappa shape index (κ1) is 27.9. The molecule has 5 rings (SSSR count). The molecule has 0 spiro atoms. The van der Waals surface area contributed by atoms with Gasteiger partial charge in [-0.15, -0.1) is 0 Å². The summed E-state index contributed by atoms with van der Waals surface area (Å²) >= 11 is 1.21. The number of hydrogen-bond acceptors (Lipinski definition) is 9. The zero-order valence-corrected chi connectivity index (χ0v) is 23.8. The highest BCUT2D eigenvalue weighted by molar-refractivity contribution is 7.07. The predicted molar refractivity (Wildman–Crippen MR) is 153 cm³/mol. The third-order valence-corrected chi connectivity index (χ3v) is 7.51. The van der Waals surface area contributed by atoms with E-state index in [2.05, 4.69) is 4.99 Å². The third-order valence-electron chi connectivity index (χ3n) is 6.53. The van der Waals surface area contributed by atoms with Crippen LogP contribution >= 0.6 is 11.3 Å². The molecule has 210 valence electrons. The minimum atomic E-state index is -0.719. The molecule has 10 heteroatoms. The molecule has 9 nitrogen and oxygen atoms in total. The van der Waals surface area contributed by atoms with Crippen LogP contribution in [0, 0.1) is 0 Å². The molecule has 4 aromatic rings. The number of aromatic nitrogens is 1. The molecule has 1 aliphatic heterocycles. The Hall–Kier alpha value is -4.70. The van der Waals surface area contributed by atoms with E-state index < -0.39 is 12.0 Å². The Balaban J connectivity index is 1.54. The van der Waals surface area contributed by atoms with Crippen molar-refractivity contribution in [3.8, 4) is 17.1 Å². The maximum atomic E-state index is 13.8. The summed E-state index contributed by atoms with van der Waals surface area (Å²) in [6.45, 7) is 5.73. The molecular formula is C31H28N2O7S. The molecule has 2 aromatic carbocycles. The molecule has 1 unspecified atom stereocenters. The van der Waals surface area contributed by atoms with Crippen molar-refractivity contribution in [1.82, 2.24) is 4.57 Å². The highest BCUT2D eigenvalue weighted by Crippen LogP contribution is 2.31. The predicted octanol–water partition coefficient (Wildman–Crippen LogP) is 4.24. The molecular weight excluding hydrogens is 544 g/mol. The first-order valence-electron chi connectivity index (χ1n) is 13.1. The summed E-state index contributed by atoms with van der Waals surface area (Å²) in [4.78, 5) is 43.8. The number of benzene rings is 2. The summed E-state index contributed by atoms with van der Waals surface area (Å²) in [6, 6.07) is 17.0. The number of furan rings is 1. The van der Waals surface area contributed by atoms with Gasteiger partial charge in [0.1, 0.15) is 17.3 Å². The topological polar surface area (TPSA) is 109 Å². The van der Waals surface area contributed by atoms with E-state index in [0.717, 1.165) is 11.1 Å². The van der Waals surface area contributed by atoms with Gasteiger partial charge in [-0.1, -0.05) is 35.6 Å². The molecule has 0 bridgehead atoms. The molecule has 41 heavy (non-hydrogen) atoms. The van der Waals surface area contributed by atoms with Crippen LogP contribution < -0.4 is 19.6 Å². The van der Waals surface area contributed by atoms with Crippen molar-refractivity contribution in [3.05, 3.63) is 109 Å². The highest BCUT2D eigenvalue weighted by atomic mass is 32.1. The van der Waals surface area contributed by atoms with Crippen molar-refractivity contribution in [2.75, 3.05) is 20.3 Å². The summed E-state index contributed by atoms with van der Waals surface area (Å²) < 4.78 is 23.6. The van der Waals surface area contributed by atoms with E-state index in [1.165, 1.54) is 15.9 Å². The van der Waals surface area contributed by atoms with E-state index >= 15 is 0 Å². The second kappa shape index (κ2) is 11.8. The van der Waals surface area contributed by atoms with E-state index in [0.29, 0.717) is 50.0 Å². The summed E-state index contributed by atoms with van der Waals surface area (Å²) in [5, 5.41) is 0. The number of methoxy groups -OCH3 is 1. The number of carbonyl (C=O) groups is 2. The lowest BCUT2D eigenvalue weighted by atomic mass is 9.96. The minimum absolute atomic E-state index is 0.196. The van der Waals surface area contributed by atoms with E-state index in [1.54, 1.807) is 82.5 Å². The first-order valence-corrected chi connectivity index (χ1v) is 13.9. The molecule has 0 radical (unpaired) electrons. The molecule has 1 aliphatic rings. The van der Waals surface area contributed by atoms with Crippen molar-refractivity contribution in [2.24, 2.45) is 4.99 Å². The summed E-state index contributed by atoms with van der Waals surface area (Å²) in [5.74, 6) is 0.805. The van der Waals surface area contributed by atoms with E-state index in [9.17, 15) is 14.4 Å². The van der Waals surface area contributed by atoms with Crippen LogP contribution in [0.15, 0.2) is 86.1 Å². The summed E-state index contributed by atoms with van der Waals surface area (Å²) in [7, 11) is 1.57. The van der Waals surface area contributed by atoms with Gasteiger partial charge in [-0.2, -0.15) is 0 Å². The van der Waals surface area contributed by atoms with Crippen LogP contribution in [0.4, 0.5) is 0 Å². The Morgan fingerprint density at radius 1 is 0.976 bits per heavy atom. The quantitative estimate of drug-likeness (QED) is 0.291. The van der Waals surface area contributed by atoms with Gasteiger partial charge in [-0.3, -0.25) is 9.36 Å². The number of esters is 2. The lowest BCUT2D eigenvalue weighted by Gasteiger charge is -2.24. The van der Waals surface area contributed by atoms with Crippen molar-refractivity contribution in [3.63, 3.8) is 0 Å². The van der Waals surface area contributed by atoms with Gasteiger partial charge in [0.2, 0.25) is 0 Å². The summed E-state index contributed by atoms with van der Waals surface area (Å²) in [5.41, 5.74) is 2.44. The van der Waals surface area contributed by atoms with Crippen molar-refractivity contribution in [1.29, 1.82) is 0 Å². The number of fused-ring (bicyclic) bond motifs is 1. The Morgan fingerprint density at radius 3 is 2.32 bits per heavy atom. The van der Waals surface area contributed by atoms with Gasteiger partial charge >= 0.3 is 11.9 Å². The van der Waals surface area contributed by atoms with Crippen molar-refractivity contribution < 1.29 is 28.2 Å². The van der Waals surface area contributed by atoms with E-state index in [1.807, 2.05) is 12.1 Å². The third kappa shape index (κ3) is 5.51. The van der Waals surface area contributed by atoms with Crippen LogP contribution in [0.25, 0.3) is 17.4 Å². The Labute approximate surface area is 239 Å². The molecule has 0 aliphatic carbocycles. The van der Waals surface area contributed by atoms with Gasteiger partial charge in [0.05, 0.1) is 47.7 Å². The van der Waals surface area contributed by atoms with Crippen LogP contribution in [-0.2, 0) is 14.3 Å². The number of allylic oxidation sites excluding steroid dienone is 1. The van der Waals surface area contributed by atoms with Gasteiger partial charge in [-0.25, -0.2) is 14.6 Å². The van der Waals surface area contributed by atoms with Gasteiger partial charge in [0.15, 0.2) is 4.80 Å². The fraction of sp³-hybridized carbons (Fsp3) is 0.226. The molecule has 1 atom stereocenters. The Kier molecular flexibility index (Phi) is 8.02. The minimum Gasteiger partial charge on any atom is -0.497 e. The fourth-order valence-corrected chi connectivity index (χ4v) is 5.62. The number of thiazole rings is 1. The maximum Gasteiger partial charge on any atom is 0.338 e. The van der Waals surface area contributed by atoms with Crippen LogP contribution in [-0.4, -0.2) is 36.8 Å². The molecule has 0 N–H and O–H groups in total. The lowest BCUT2D eigenvalue weighted by Crippen LogP contribution is -2.39. The van der Waals surface area contributed by atoms with Crippen LogP contribution in [0.2, 0.25) is 0 Å². The lowest BCUT2D eigenvalue weighted by molar-refractivity contribution is -0.139. The molecule has 0 saturated heterocycles. The normalized spacial score (nSPS) is 14.8. The smallest absolute Gasteiger partial charge is 0.338 e. The molecule has 2 aromatic heterocycles. The molecule has 0 saturated carbocycles. The highest BCUT2D eigenvalue weighted by Gasteiger charge is 2.33.